The van der Waals surface area contributed by atoms with Crippen LogP contribution in [-0.2, 0) is 0 Å². The third-order valence-electron chi connectivity index (χ3n) is 5.33. The summed E-state index contributed by atoms with van der Waals surface area (Å²) in [5.41, 5.74) is 10.9. The van der Waals surface area contributed by atoms with E-state index in [4.69, 9.17) is 5.73 Å². The molecule has 0 spiro atoms. The summed E-state index contributed by atoms with van der Waals surface area (Å²) in [6.45, 7) is 0. The zero-order chi connectivity index (χ0) is 23.1. The minimum atomic E-state index is -0.490. The smallest absolute Gasteiger partial charge is 0.321 e. The molecule has 0 radical (unpaired) electrons. The monoisotopic (exact) mass is 440 g/mol. The van der Waals surface area contributed by atoms with Crippen molar-refractivity contribution in [3.8, 4) is 22.5 Å². The average molecular weight is 440 g/mol. The molecule has 33 heavy (non-hydrogen) atoms. The number of rotatable bonds is 4. The Morgan fingerprint density at radius 3 is 2.64 bits per heavy atom. The van der Waals surface area contributed by atoms with Crippen LogP contribution in [0.25, 0.3) is 44.5 Å². The predicted molar refractivity (Wildman–Crippen MR) is 126 cm³/mol. The van der Waals surface area contributed by atoms with Gasteiger partial charge in [-0.1, -0.05) is 6.07 Å². The third-order valence-corrected chi connectivity index (χ3v) is 5.33. The SMILES string of the molecule is CN(C)C(=O)Nc1cncc(-c2cnc3[nH]nc(-c4cc5c(C(N)=O)cccc5[nH]4)c3c2)c1. The van der Waals surface area contributed by atoms with E-state index >= 15 is 0 Å². The van der Waals surface area contributed by atoms with Gasteiger partial charge in [-0.15, -0.1) is 0 Å². The fourth-order valence-electron chi connectivity index (χ4n) is 3.67. The summed E-state index contributed by atoms with van der Waals surface area (Å²) in [4.78, 5) is 37.3. The molecule has 3 amide bonds. The highest BCUT2D eigenvalue weighted by atomic mass is 16.2. The standard InChI is InChI=1S/C23H20N8O2/c1-31(2)23(33)27-14-6-12(9-25-11-14)13-7-17-20(29-30-22(17)26-10-13)19-8-16-15(21(24)32)4-3-5-18(16)28-19/h3-11,28H,1-2H3,(H2,24,32)(H,27,33)(H,26,29,30). The maximum absolute atomic E-state index is 12.0. The number of nitrogens with zero attached hydrogens (tertiary/aromatic N) is 4. The number of H-pyrrole nitrogens is 2. The fraction of sp³-hybridized carbons (Fsp3) is 0.0870. The number of nitrogens with one attached hydrogen (secondary N) is 3. The minimum absolute atomic E-state index is 0.242. The van der Waals surface area contributed by atoms with Crippen molar-refractivity contribution in [3.05, 3.63) is 60.6 Å². The molecular formula is C23H20N8O2. The van der Waals surface area contributed by atoms with Crippen molar-refractivity contribution in [1.29, 1.82) is 0 Å². The van der Waals surface area contributed by atoms with E-state index < -0.39 is 5.91 Å². The number of carbonyl (C=O) groups is 2. The second-order valence-corrected chi connectivity index (χ2v) is 7.79. The van der Waals surface area contributed by atoms with Crippen molar-refractivity contribution in [2.45, 2.75) is 0 Å². The van der Waals surface area contributed by atoms with Crippen LogP contribution in [0.5, 0.6) is 0 Å². The number of primary amides is 1. The summed E-state index contributed by atoms with van der Waals surface area (Å²) in [7, 11) is 3.34. The Morgan fingerprint density at radius 2 is 1.85 bits per heavy atom. The van der Waals surface area contributed by atoms with Gasteiger partial charge in [0.2, 0.25) is 5.91 Å². The van der Waals surface area contributed by atoms with Gasteiger partial charge in [0.15, 0.2) is 5.65 Å². The number of aromatic nitrogens is 5. The molecule has 164 valence electrons. The number of anilines is 1. The zero-order valence-corrected chi connectivity index (χ0v) is 17.9. The largest absolute Gasteiger partial charge is 0.366 e. The first kappa shape index (κ1) is 20.2. The number of aromatic amines is 2. The Hall–Kier alpha value is -4.73. The van der Waals surface area contributed by atoms with E-state index in [1.807, 2.05) is 24.3 Å². The molecule has 0 saturated carbocycles. The van der Waals surface area contributed by atoms with Crippen LogP contribution in [0, 0.1) is 0 Å². The van der Waals surface area contributed by atoms with Gasteiger partial charge in [0.25, 0.3) is 0 Å². The molecule has 0 fully saturated rings. The fourth-order valence-corrected chi connectivity index (χ4v) is 3.67. The van der Waals surface area contributed by atoms with Gasteiger partial charge in [0.1, 0.15) is 5.69 Å². The Balaban J connectivity index is 1.57. The lowest BCUT2D eigenvalue weighted by Crippen LogP contribution is -2.27. The molecule has 0 saturated heterocycles. The Labute approximate surface area is 187 Å². The second-order valence-electron chi connectivity index (χ2n) is 7.79. The molecule has 0 aliphatic rings. The van der Waals surface area contributed by atoms with E-state index in [-0.39, 0.29) is 6.03 Å². The van der Waals surface area contributed by atoms with Crippen molar-refractivity contribution in [3.63, 3.8) is 0 Å². The molecule has 0 bridgehead atoms. The van der Waals surface area contributed by atoms with Crippen LogP contribution in [0.15, 0.2) is 55.0 Å². The maximum Gasteiger partial charge on any atom is 0.321 e. The Morgan fingerprint density at radius 1 is 1.03 bits per heavy atom. The molecular weight excluding hydrogens is 420 g/mol. The van der Waals surface area contributed by atoms with Crippen LogP contribution in [0.2, 0.25) is 0 Å². The zero-order valence-electron chi connectivity index (χ0n) is 17.9. The van der Waals surface area contributed by atoms with E-state index in [2.05, 4.69) is 30.5 Å². The first-order valence-corrected chi connectivity index (χ1v) is 10.1. The van der Waals surface area contributed by atoms with Crippen molar-refractivity contribution in [1.82, 2.24) is 30.0 Å². The molecule has 0 unspecified atom stereocenters. The first-order chi connectivity index (χ1) is 15.9. The summed E-state index contributed by atoms with van der Waals surface area (Å²) >= 11 is 0. The summed E-state index contributed by atoms with van der Waals surface area (Å²) in [5.74, 6) is -0.490. The van der Waals surface area contributed by atoms with Crippen LogP contribution >= 0.6 is 0 Å². The van der Waals surface area contributed by atoms with Crippen molar-refractivity contribution in [2.75, 3.05) is 19.4 Å². The first-order valence-electron chi connectivity index (χ1n) is 10.1. The summed E-state index contributed by atoms with van der Waals surface area (Å²) in [6.07, 6.45) is 5.01. The van der Waals surface area contributed by atoms with Gasteiger partial charge in [-0.25, -0.2) is 9.78 Å². The summed E-state index contributed by atoms with van der Waals surface area (Å²) in [5, 5.41) is 11.7. The average Bonchev–Trinajstić information content (AvgIpc) is 3.42. The predicted octanol–water partition coefficient (Wildman–Crippen LogP) is 3.36. The molecule has 1 aromatic carbocycles. The van der Waals surface area contributed by atoms with Gasteiger partial charge >= 0.3 is 6.03 Å². The number of pyridine rings is 2. The van der Waals surface area contributed by atoms with E-state index in [1.165, 1.54) is 4.90 Å². The van der Waals surface area contributed by atoms with Crippen LogP contribution in [0.4, 0.5) is 10.5 Å². The molecule has 0 aliphatic heterocycles. The number of hydrogen-bond donors (Lipinski definition) is 4. The number of benzene rings is 1. The summed E-state index contributed by atoms with van der Waals surface area (Å²) in [6, 6.07) is 10.8. The topological polar surface area (TPSA) is 146 Å². The van der Waals surface area contributed by atoms with Gasteiger partial charge in [-0.05, 0) is 30.3 Å². The van der Waals surface area contributed by atoms with Crippen molar-refractivity contribution < 1.29 is 9.59 Å². The van der Waals surface area contributed by atoms with Crippen LogP contribution in [0.1, 0.15) is 10.4 Å². The van der Waals surface area contributed by atoms with E-state index in [0.29, 0.717) is 22.6 Å². The normalized spacial score (nSPS) is 11.1. The number of hydrogen-bond acceptors (Lipinski definition) is 5. The molecule has 5 N–H and O–H groups in total. The molecule has 0 atom stereocenters. The van der Waals surface area contributed by atoms with Gasteiger partial charge in [-0.2, -0.15) is 5.10 Å². The Bertz CT molecular complexity index is 1530. The van der Waals surface area contributed by atoms with Gasteiger partial charge < -0.3 is 20.9 Å². The van der Waals surface area contributed by atoms with E-state index in [0.717, 1.165) is 33.1 Å². The number of carbonyl (C=O) groups excluding carboxylic acids is 2. The number of nitrogens with two attached hydrogens (primary N) is 1. The van der Waals surface area contributed by atoms with Crippen molar-refractivity contribution >= 4 is 39.6 Å². The van der Waals surface area contributed by atoms with E-state index in [9.17, 15) is 9.59 Å². The highest BCUT2D eigenvalue weighted by molar-refractivity contribution is 6.07. The van der Waals surface area contributed by atoms with Crippen molar-refractivity contribution in [2.24, 2.45) is 5.73 Å². The highest BCUT2D eigenvalue weighted by Gasteiger charge is 2.16. The van der Waals surface area contributed by atoms with Gasteiger partial charge in [0, 0.05) is 59.5 Å². The Kier molecular flexibility index (Phi) is 4.74. The van der Waals surface area contributed by atoms with Gasteiger partial charge in [0.05, 0.1) is 17.6 Å². The van der Waals surface area contributed by atoms with Crippen LogP contribution in [0.3, 0.4) is 0 Å². The lowest BCUT2D eigenvalue weighted by atomic mass is 10.1. The molecule has 5 rings (SSSR count). The third kappa shape index (κ3) is 3.63. The summed E-state index contributed by atoms with van der Waals surface area (Å²) < 4.78 is 0. The minimum Gasteiger partial charge on any atom is -0.366 e. The van der Waals surface area contributed by atoms with Crippen LogP contribution < -0.4 is 11.1 Å². The lowest BCUT2D eigenvalue weighted by molar-refractivity contribution is 0.100. The highest BCUT2D eigenvalue weighted by Crippen LogP contribution is 2.32. The number of fused-ring (bicyclic) bond motifs is 2. The molecule has 5 aromatic rings. The van der Waals surface area contributed by atoms with Gasteiger partial charge in [-0.3, -0.25) is 14.9 Å². The maximum atomic E-state index is 12.0. The molecule has 4 aromatic heterocycles. The second kappa shape index (κ2) is 7.75. The number of amides is 3. The molecule has 10 nitrogen and oxygen atoms in total. The lowest BCUT2D eigenvalue weighted by Gasteiger charge is -2.12. The quantitative estimate of drug-likeness (QED) is 0.338. The number of urea groups is 1. The van der Waals surface area contributed by atoms with Crippen LogP contribution in [-0.4, -0.2) is 56.1 Å². The molecule has 0 aliphatic carbocycles. The molecule has 10 heteroatoms. The molecule has 4 heterocycles. The van der Waals surface area contributed by atoms with E-state index in [1.54, 1.807) is 44.8 Å².